The second-order valence-corrected chi connectivity index (χ2v) is 9.32. The van der Waals surface area contributed by atoms with E-state index in [2.05, 4.69) is 40.9 Å². The number of hydrogen-bond acceptors (Lipinski definition) is 3. The summed E-state index contributed by atoms with van der Waals surface area (Å²) in [6, 6.07) is 0.531. The van der Waals surface area contributed by atoms with Gasteiger partial charge < -0.3 is 15.1 Å². The highest BCUT2D eigenvalue weighted by atomic mass is 127. The van der Waals surface area contributed by atoms with Gasteiger partial charge in [0.05, 0.1) is 6.54 Å². The molecule has 0 amide bonds. The Balaban J connectivity index is 0.00000280. The Kier molecular flexibility index (Phi) is 10.3. The van der Waals surface area contributed by atoms with E-state index in [1.54, 1.807) is 0 Å². The third-order valence-electron chi connectivity index (χ3n) is 7.13. The van der Waals surface area contributed by atoms with E-state index < -0.39 is 0 Å². The molecule has 1 spiro atoms. The van der Waals surface area contributed by atoms with Gasteiger partial charge in [0.25, 0.3) is 0 Å². The highest BCUT2D eigenvalue weighted by Gasteiger charge is 2.36. The van der Waals surface area contributed by atoms with E-state index in [1.165, 1.54) is 96.6 Å². The van der Waals surface area contributed by atoms with Crippen LogP contribution in [-0.4, -0.2) is 86.1 Å². The molecular formula is C22H44IN5. The quantitative estimate of drug-likeness (QED) is 0.360. The molecule has 28 heavy (non-hydrogen) atoms. The van der Waals surface area contributed by atoms with Gasteiger partial charge >= 0.3 is 0 Å². The van der Waals surface area contributed by atoms with Crippen LogP contribution in [-0.2, 0) is 0 Å². The fourth-order valence-corrected chi connectivity index (χ4v) is 5.30. The van der Waals surface area contributed by atoms with Gasteiger partial charge in [-0.05, 0) is 52.0 Å². The van der Waals surface area contributed by atoms with Crippen molar-refractivity contribution >= 4 is 29.9 Å². The second kappa shape index (κ2) is 11.9. The van der Waals surface area contributed by atoms with Crippen molar-refractivity contribution < 1.29 is 0 Å². The lowest BCUT2D eigenvalue weighted by atomic mass is 9.74. The van der Waals surface area contributed by atoms with E-state index in [0.29, 0.717) is 11.5 Å². The normalized spacial score (nSPS) is 25.8. The first-order valence-electron chi connectivity index (χ1n) is 11.6. The average Bonchev–Trinajstić information content (AvgIpc) is 2.91. The number of nitrogens with one attached hydrogen (secondary N) is 1. The van der Waals surface area contributed by atoms with Crippen LogP contribution >= 0.6 is 24.0 Å². The van der Waals surface area contributed by atoms with Crippen LogP contribution in [0.5, 0.6) is 0 Å². The number of halogens is 1. The van der Waals surface area contributed by atoms with Crippen molar-refractivity contribution in [3.63, 3.8) is 0 Å². The largest absolute Gasteiger partial charge is 0.357 e. The number of likely N-dealkylation sites (tertiary alicyclic amines) is 1. The van der Waals surface area contributed by atoms with E-state index >= 15 is 0 Å². The number of nitrogens with zero attached hydrogens (tertiary/aromatic N) is 4. The molecule has 0 aromatic rings. The molecule has 2 saturated heterocycles. The van der Waals surface area contributed by atoms with Crippen molar-refractivity contribution in [2.24, 2.45) is 10.4 Å². The Hall–Kier alpha value is -0.0800. The maximum atomic E-state index is 5.11. The Bertz CT molecular complexity index is 468. The van der Waals surface area contributed by atoms with Gasteiger partial charge in [-0.15, -0.1) is 24.0 Å². The number of aliphatic imine (C=N–C) groups is 1. The number of rotatable bonds is 4. The smallest absolute Gasteiger partial charge is 0.193 e. The van der Waals surface area contributed by atoms with Crippen molar-refractivity contribution in [2.45, 2.75) is 71.3 Å². The molecule has 6 heteroatoms. The zero-order chi connectivity index (χ0) is 19.1. The summed E-state index contributed by atoms with van der Waals surface area (Å²) in [6.45, 7) is 13.5. The van der Waals surface area contributed by atoms with Crippen LogP contribution in [0.1, 0.15) is 65.2 Å². The van der Waals surface area contributed by atoms with Crippen LogP contribution in [0.15, 0.2) is 4.99 Å². The third kappa shape index (κ3) is 6.73. The van der Waals surface area contributed by atoms with Gasteiger partial charge in [0.2, 0.25) is 0 Å². The standard InChI is InChI=1S/C22H43N5.HI/c1-4-23-21(24-18-20(2)26-16-14-25(3)15-17-26)27-13-9-12-22(19-27)10-7-5-6-8-11-22;/h20H,4-19H2,1-3H3,(H,23,24);1H. The minimum Gasteiger partial charge on any atom is -0.357 e. The van der Waals surface area contributed by atoms with Crippen LogP contribution in [0.2, 0.25) is 0 Å². The highest BCUT2D eigenvalue weighted by Crippen LogP contribution is 2.42. The van der Waals surface area contributed by atoms with E-state index in [4.69, 9.17) is 4.99 Å². The molecule has 3 aliphatic rings. The first kappa shape index (κ1) is 24.2. The van der Waals surface area contributed by atoms with Gasteiger partial charge in [0, 0.05) is 51.9 Å². The van der Waals surface area contributed by atoms with Crippen LogP contribution in [0.3, 0.4) is 0 Å². The second-order valence-electron chi connectivity index (χ2n) is 9.32. The molecule has 0 bridgehead atoms. The monoisotopic (exact) mass is 505 g/mol. The van der Waals surface area contributed by atoms with E-state index in [-0.39, 0.29) is 24.0 Å². The van der Waals surface area contributed by atoms with E-state index in [9.17, 15) is 0 Å². The minimum absolute atomic E-state index is 0. The maximum absolute atomic E-state index is 5.11. The molecule has 2 aliphatic heterocycles. The predicted molar refractivity (Wildman–Crippen MR) is 131 cm³/mol. The Morgan fingerprint density at radius 3 is 2.25 bits per heavy atom. The molecule has 1 saturated carbocycles. The topological polar surface area (TPSA) is 34.1 Å². The number of likely N-dealkylation sites (N-methyl/N-ethyl adjacent to an activating group) is 1. The third-order valence-corrected chi connectivity index (χ3v) is 7.13. The molecule has 164 valence electrons. The molecule has 5 nitrogen and oxygen atoms in total. The van der Waals surface area contributed by atoms with Gasteiger partial charge in [0.1, 0.15) is 0 Å². The van der Waals surface area contributed by atoms with Crippen molar-refractivity contribution in [2.75, 3.05) is 59.4 Å². The lowest BCUT2D eigenvalue weighted by Gasteiger charge is -2.44. The summed E-state index contributed by atoms with van der Waals surface area (Å²) < 4.78 is 0. The van der Waals surface area contributed by atoms with Crippen LogP contribution in [0.25, 0.3) is 0 Å². The van der Waals surface area contributed by atoms with Crippen LogP contribution < -0.4 is 5.32 Å². The number of hydrogen-bond donors (Lipinski definition) is 1. The first-order valence-corrected chi connectivity index (χ1v) is 11.6. The zero-order valence-electron chi connectivity index (χ0n) is 18.6. The average molecular weight is 506 g/mol. The summed E-state index contributed by atoms with van der Waals surface area (Å²) in [7, 11) is 2.23. The van der Waals surface area contributed by atoms with Crippen molar-refractivity contribution in [1.82, 2.24) is 20.0 Å². The molecule has 0 radical (unpaired) electrons. The molecule has 1 atom stereocenters. The molecular weight excluding hydrogens is 461 g/mol. The van der Waals surface area contributed by atoms with Gasteiger partial charge in [-0.25, -0.2) is 0 Å². The van der Waals surface area contributed by atoms with Crippen molar-refractivity contribution in [1.29, 1.82) is 0 Å². The minimum atomic E-state index is 0. The van der Waals surface area contributed by atoms with Crippen molar-refractivity contribution in [3.8, 4) is 0 Å². The van der Waals surface area contributed by atoms with E-state index in [0.717, 1.165) is 13.1 Å². The molecule has 0 aromatic heterocycles. The summed E-state index contributed by atoms with van der Waals surface area (Å²) in [4.78, 5) is 12.7. The molecule has 1 N–H and O–H groups in total. The zero-order valence-corrected chi connectivity index (χ0v) is 20.9. The summed E-state index contributed by atoms with van der Waals surface area (Å²) >= 11 is 0. The predicted octanol–water partition coefficient (Wildman–Crippen LogP) is 3.64. The van der Waals surface area contributed by atoms with E-state index in [1.807, 2.05) is 0 Å². The van der Waals surface area contributed by atoms with Gasteiger partial charge in [0.15, 0.2) is 5.96 Å². The van der Waals surface area contributed by atoms with Crippen LogP contribution in [0, 0.1) is 5.41 Å². The molecule has 1 unspecified atom stereocenters. The lowest BCUT2D eigenvalue weighted by Crippen LogP contribution is -2.51. The van der Waals surface area contributed by atoms with Gasteiger partial charge in [-0.2, -0.15) is 0 Å². The van der Waals surface area contributed by atoms with Gasteiger partial charge in [-0.1, -0.05) is 25.7 Å². The summed E-state index contributed by atoms with van der Waals surface area (Å²) in [6.07, 6.45) is 11.4. The highest BCUT2D eigenvalue weighted by molar-refractivity contribution is 14.0. The Morgan fingerprint density at radius 2 is 1.61 bits per heavy atom. The maximum Gasteiger partial charge on any atom is 0.193 e. The number of piperidine rings is 1. The fraction of sp³-hybridized carbons (Fsp3) is 0.955. The number of guanidine groups is 1. The first-order chi connectivity index (χ1) is 13.1. The summed E-state index contributed by atoms with van der Waals surface area (Å²) in [5.41, 5.74) is 0.564. The molecule has 2 heterocycles. The lowest BCUT2D eigenvalue weighted by molar-refractivity contribution is 0.113. The van der Waals surface area contributed by atoms with Gasteiger partial charge in [-0.3, -0.25) is 9.89 Å². The number of piperazine rings is 1. The van der Waals surface area contributed by atoms with Crippen LogP contribution in [0.4, 0.5) is 0 Å². The Morgan fingerprint density at radius 1 is 0.964 bits per heavy atom. The SMILES string of the molecule is CCNC(=NCC(C)N1CCN(C)CC1)N1CCCC2(CCCCCC2)C1.I. The molecule has 1 aliphatic carbocycles. The Labute approximate surface area is 190 Å². The van der Waals surface area contributed by atoms with Crippen molar-refractivity contribution in [3.05, 3.63) is 0 Å². The summed E-state index contributed by atoms with van der Waals surface area (Å²) in [5.74, 6) is 1.17. The molecule has 0 aromatic carbocycles. The molecule has 3 rings (SSSR count). The fourth-order valence-electron chi connectivity index (χ4n) is 5.30. The summed E-state index contributed by atoms with van der Waals surface area (Å²) in [5, 5.41) is 3.60. The molecule has 3 fully saturated rings.